The smallest absolute Gasteiger partial charge is 0.224 e. The topological polar surface area (TPSA) is 125 Å². The molecule has 0 fully saturated rings. The Morgan fingerprint density at radius 3 is 2.69 bits per heavy atom. The van der Waals surface area contributed by atoms with Crippen molar-refractivity contribution in [1.29, 1.82) is 0 Å². The second-order valence-electron chi connectivity index (χ2n) is 9.15. The van der Waals surface area contributed by atoms with Crippen LogP contribution in [0.1, 0.15) is 20.3 Å². The summed E-state index contributed by atoms with van der Waals surface area (Å²) in [5.74, 6) is 0.251. The average molecular weight is 478 g/mol. The fourth-order valence-corrected chi connectivity index (χ4v) is 4.35. The third-order valence-corrected chi connectivity index (χ3v) is 6.01. The summed E-state index contributed by atoms with van der Waals surface area (Å²) in [7, 11) is 0. The van der Waals surface area contributed by atoms with Gasteiger partial charge in [0.2, 0.25) is 5.91 Å². The Bertz CT molecular complexity index is 1700. The van der Waals surface area contributed by atoms with E-state index in [0.717, 1.165) is 49.9 Å². The first-order valence-corrected chi connectivity index (χ1v) is 11.6. The Morgan fingerprint density at radius 1 is 1.00 bits per heavy atom. The van der Waals surface area contributed by atoms with Gasteiger partial charge in [0.1, 0.15) is 0 Å². The highest BCUT2D eigenvalue weighted by molar-refractivity contribution is 6.00. The van der Waals surface area contributed by atoms with Gasteiger partial charge in [0.05, 0.1) is 47.5 Å². The molecule has 0 saturated heterocycles. The Balaban J connectivity index is 1.38. The number of furan rings is 1. The van der Waals surface area contributed by atoms with E-state index < -0.39 is 0 Å². The summed E-state index contributed by atoms with van der Waals surface area (Å²) in [5.41, 5.74) is 7.52. The van der Waals surface area contributed by atoms with Gasteiger partial charge in [-0.05, 0) is 30.2 Å². The van der Waals surface area contributed by atoms with Crippen molar-refractivity contribution >= 4 is 33.5 Å². The van der Waals surface area contributed by atoms with Gasteiger partial charge in [0.15, 0.2) is 5.65 Å². The summed E-state index contributed by atoms with van der Waals surface area (Å²) in [6.07, 6.45) is 12.6. The third-order valence-electron chi connectivity index (χ3n) is 6.01. The number of fused-ring (bicyclic) bond motifs is 2. The summed E-state index contributed by atoms with van der Waals surface area (Å²) in [5, 5.41) is 12.3. The maximum atomic E-state index is 12.2. The molecule has 36 heavy (non-hydrogen) atoms. The number of pyridine rings is 3. The van der Waals surface area contributed by atoms with E-state index in [-0.39, 0.29) is 11.8 Å². The highest BCUT2D eigenvalue weighted by atomic mass is 16.3. The lowest BCUT2D eigenvalue weighted by atomic mass is 10.1. The van der Waals surface area contributed by atoms with Crippen molar-refractivity contribution in [3.63, 3.8) is 0 Å². The van der Waals surface area contributed by atoms with Crippen molar-refractivity contribution < 1.29 is 9.21 Å². The molecule has 0 spiro atoms. The monoisotopic (exact) mass is 477 g/mol. The summed E-state index contributed by atoms with van der Waals surface area (Å²) in [6, 6.07) is 7.92. The molecule has 0 bridgehead atoms. The molecule has 9 nitrogen and oxygen atoms in total. The van der Waals surface area contributed by atoms with Gasteiger partial charge in [0, 0.05) is 58.0 Å². The number of anilines is 1. The number of nitrogens with one attached hydrogen (secondary N) is 3. The minimum atomic E-state index is -0.0299. The van der Waals surface area contributed by atoms with Gasteiger partial charge in [-0.3, -0.25) is 19.9 Å². The summed E-state index contributed by atoms with van der Waals surface area (Å²) in [4.78, 5) is 28.9. The van der Waals surface area contributed by atoms with Gasteiger partial charge in [-0.15, -0.1) is 0 Å². The van der Waals surface area contributed by atoms with Crippen molar-refractivity contribution in [2.75, 3.05) is 5.32 Å². The van der Waals surface area contributed by atoms with Crippen molar-refractivity contribution in [2.45, 2.75) is 20.3 Å². The minimum absolute atomic E-state index is 0.0299. The van der Waals surface area contributed by atoms with Gasteiger partial charge in [-0.1, -0.05) is 13.8 Å². The lowest BCUT2D eigenvalue weighted by molar-refractivity contribution is -0.116. The standard InChI is InChI=1S/C27H23N7O2/c1-15(2)5-25(35)31-19-6-17(9-28-11-19)18-7-21-26(33-34-27(21)30-10-18)23-8-20-22(16-3-4-36-14-16)12-29-13-24(20)32-23/h3-4,6-15,32H,5H2,1-2H3,(H,31,35)(H,30,33,34). The van der Waals surface area contributed by atoms with Crippen LogP contribution in [0.2, 0.25) is 0 Å². The number of carbonyl (C=O) groups is 1. The Morgan fingerprint density at radius 2 is 1.86 bits per heavy atom. The van der Waals surface area contributed by atoms with E-state index in [0.29, 0.717) is 17.8 Å². The van der Waals surface area contributed by atoms with Gasteiger partial charge in [-0.2, -0.15) is 5.10 Å². The fraction of sp³-hybridized carbons (Fsp3) is 0.148. The molecule has 1 amide bonds. The highest BCUT2D eigenvalue weighted by Crippen LogP contribution is 2.34. The number of H-pyrrole nitrogens is 2. The molecule has 6 aromatic heterocycles. The number of rotatable bonds is 6. The number of hydrogen-bond donors (Lipinski definition) is 3. The number of aromatic nitrogens is 6. The Labute approximate surface area is 206 Å². The fourth-order valence-electron chi connectivity index (χ4n) is 4.35. The zero-order valence-electron chi connectivity index (χ0n) is 19.7. The highest BCUT2D eigenvalue weighted by Gasteiger charge is 2.16. The molecular formula is C27H23N7O2. The second-order valence-corrected chi connectivity index (χ2v) is 9.15. The third kappa shape index (κ3) is 4.00. The van der Waals surface area contributed by atoms with Crippen LogP contribution in [0.5, 0.6) is 0 Å². The van der Waals surface area contributed by atoms with Crippen LogP contribution in [-0.2, 0) is 4.79 Å². The van der Waals surface area contributed by atoms with Crippen molar-refractivity contribution in [3.05, 3.63) is 67.8 Å². The van der Waals surface area contributed by atoms with E-state index in [4.69, 9.17) is 4.42 Å². The lowest BCUT2D eigenvalue weighted by Gasteiger charge is -2.08. The molecule has 0 unspecified atom stereocenters. The molecule has 3 N–H and O–H groups in total. The predicted octanol–water partition coefficient (Wildman–Crippen LogP) is 5.81. The molecule has 0 aliphatic rings. The first-order chi connectivity index (χ1) is 17.5. The molecule has 6 rings (SSSR count). The molecule has 0 aliphatic carbocycles. The number of carbonyl (C=O) groups excluding carboxylic acids is 1. The SMILES string of the molecule is CC(C)CC(=O)Nc1cncc(-c2cnc3n[nH]c(-c4cc5c(-c6ccoc6)cncc5[nH]4)c3c2)c1. The van der Waals surface area contributed by atoms with Crippen LogP contribution >= 0.6 is 0 Å². The molecule has 0 radical (unpaired) electrons. The maximum Gasteiger partial charge on any atom is 0.224 e. The van der Waals surface area contributed by atoms with E-state index in [9.17, 15) is 4.79 Å². The Kier molecular flexibility index (Phi) is 5.29. The van der Waals surface area contributed by atoms with Gasteiger partial charge in [0.25, 0.3) is 0 Å². The van der Waals surface area contributed by atoms with Crippen LogP contribution in [-0.4, -0.2) is 36.0 Å². The average Bonchev–Trinajstić information content (AvgIpc) is 3.62. The van der Waals surface area contributed by atoms with E-state index in [1.54, 1.807) is 37.3 Å². The van der Waals surface area contributed by atoms with Gasteiger partial charge in [-0.25, -0.2) is 4.98 Å². The molecular weight excluding hydrogens is 454 g/mol. The zero-order valence-corrected chi connectivity index (χ0v) is 19.7. The van der Waals surface area contributed by atoms with E-state index >= 15 is 0 Å². The van der Waals surface area contributed by atoms with Crippen molar-refractivity contribution in [1.82, 2.24) is 30.1 Å². The molecule has 6 aromatic rings. The first kappa shape index (κ1) is 21.7. The minimum Gasteiger partial charge on any atom is -0.472 e. The lowest BCUT2D eigenvalue weighted by Crippen LogP contribution is -2.13. The van der Waals surface area contributed by atoms with E-state index in [2.05, 4.69) is 41.5 Å². The molecule has 6 heterocycles. The van der Waals surface area contributed by atoms with Gasteiger partial charge < -0.3 is 14.7 Å². The van der Waals surface area contributed by atoms with E-state index in [1.807, 2.05) is 38.2 Å². The zero-order chi connectivity index (χ0) is 24.6. The van der Waals surface area contributed by atoms with Gasteiger partial charge >= 0.3 is 0 Å². The van der Waals surface area contributed by atoms with Crippen molar-refractivity contribution in [3.8, 4) is 33.6 Å². The van der Waals surface area contributed by atoms with Crippen LogP contribution in [0.15, 0.2) is 72.2 Å². The molecule has 0 atom stereocenters. The number of amides is 1. The number of nitrogens with zero attached hydrogens (tertiary/aromatic N) is 4. The van der Waals surface area contributed by atoms with Crippen LogP contribution in [0.25, 0.3) is 55.6 Å². The van der Waals surface area contributed by atoms with Crippen LogP contribution in [0.3, 0.4) is 0 Å². The summed E-state index contributed by atoms with van der Waals surface area (Å²) >= 11 is 0. The maximum absolute atomic E-state index is 12.2. The Hall–Kier alpha value is -4.79. The molecule has 0 saturated carbocycles. The van der Waals surface area contributed by atoms with Crippen molar-refractivity contribution in [2.24, 2.45) is 5.92 Å². The number of hydrogen-bond acceptors (Lipinski definition) is 6. The number of aromatic amines is 2. The van der Waals surface area contributed by atoms with E-state index in [1.165, 1.54) is 0 Å². The van der Waals surface area contributed by atoms with Crippen LogP contribution in [0, 0.1) is 5.92 Å². The molecule has 178 valence electrons. The van der Waals surface area contributed by atoms with Crippen LogP contribution in [0.4, 0.5) is 5.69 Å². The molecule has 9 heteroatoms. The predicted molar refractivity (Wildman–Crippen MR) is 138 cm³/mol. The normalized spacial score (nSPS) is 11.5. The molecule has 0 aromatic carbocycles. The van der Waals surface area contributed by atoms with Crippen LogP contribution < -0.4 is 5.32 Å². The first-order valence-electron chi connectivity index (χ1n) is 11.6. The quantitative estimate of drug-likeness (QED) is 0.278. The second kappa shape index (κ2) is 8.77. The molecule has 0 aliphatic heterocycles. The largest absolute Gasteiger partial charge is 0.472 e. The summed E-state index contributed by atoms with van der Waals surface area (Å²) in [6.45, 7) is 4.03. The summed E-state index contributed by atoms with van der Waals surface area (Å²) < 4.78 is 5.27.